The van der Waals surface area contributed by atoms with Crippen LogP contribution in [0.1, 0.15) is 19.8 Å². The highest BCUT2D eigenvalue weighted by molar-refractivity contribution is 7.14. The summed E-state index contributed by atoms with van der Waals surface area (Å²) in [5.41, 5.74) is 1.64. The maximum Gasteiger partial charge on any atom is 0.269 e. The molecule has 0 aliphatic heterocycles. The van der Waals surface area contributed by atoms with E-state index in [-0.39, 0.29) is 18.2 Å². The highest BCUT2D eigenvalue weighted by Crippen LogP contribution is 2.26. The number of nitro groups is 1. The number of rotatable bonds is 10. The van der Waals surface area contributed by atoms with Gasteiger partial charge in [-0.15, -0.1) is 11.3 Å². The Balaban J connectivity index is 1.50. The zero-order valence-corrected chi connectivity index (χ0v) is 17.2. The van der Waals surface area contributed by atoms with Gasteiger partial charge in [0.05, 0.1) is 17.2 Å². The second-order valence-electron chi connectivity index (χ2n) is 6.35. The van der Waals surface area contributed by atoms with Crippen LogP contribution < -0.4 is 14.8 Å². The van der Waals surface area contributed by atoms with Gasteiger partial charge in [-0.05, 0) is 42.8 Å². The van der Waals surface area contributed by atoms with E-state index in [0.29, 0.717) is 17.5 Å². The number of hydrogen-bond acceptors (Lipinski definition) is 7. The lowest BCUT2D eigenvalue weighted by molar-refractivity contribution is -0.384. The van der Waals surface area contributed by atoms with E-state index in [4.69, 9.17) is 9.47 Å². The minimum atomic E-state index is -0.496. The zero-order chi connectivity index (χ0) is 21.3. The van der Waals surface area contributed by atoms with Gasteiger partial charge in [0.25, 0.3) is 11.6 Å². The Bertz CT molecular complexity index is 987. The summed E-state index contributed by atoms with van der Waals surface area (Å²) in [6, 6.07) is 13.2. The molecule has 2 aromatic carbocycles. The summed E-state index contributed by atoms with van der Waals surface area (Å²) < 4.78 is 11.0. The molecule has 0 fully saturated rings. The van der Waals surface area contributed by atoms with Crippen molar-refractivity contribution in [2.45, 2.75) is 19.8 Å². The Hall–Kier alpha value is -3.46. The van der Waals surface area contributed by atoms with Crippen LogP contribution in [0.5, 0.6) is 11.5 Å². The first-order chi connectivity index (χ1) is 14.5. The van der Waals surface area contributed by atoms with Crippen molar-refractivity contribution in [3.63, 3.8) is 0 Å². The summed E-state index contributed by atoms with van der Waals surface area (Å²) in [6.45, 7) is 2.59. The Morgan fingerprint density at radius 2 is 1.77 bits per heavy atom. The van der Waals surface area contributed by atoms with Crippen molar-refractivity contribution in [2.75, 3.05) is 18.5 Å². The van der Waals surface area contributed by atoms with E-state index < -0.39 is 4.92 Å². The second kappa shape index (κ2) is 10.4. The average Bonchev–Trinajstić information content (AvgIpc) is 3.21. The number of nitrogens with one attached hydrogen (secondary N) is 1. The minimum Gasteiger partial charge on any atom is -0.494 e. The van der Waals surface area contributed by atoms with E-state index in [1.165, 1.54) is 35.6 Å². The summed E-state index contributed by atoms with van der Waals surface area (Å²) in [4.78, 5) is 26.7. The smallest absolute Gasteiger partial charge is 0.269 e. The summed E-state index contributed by atoms with van der Waals surface area (Å²) >= 11 is 1.32. The van der Waals surface area contributed by atoms with Crippen LogP contribution in [-0.2, 0) is 4.79 Å². The first-order valence-electron chi connectivity index (χ1n) is 9.41. The normalized spacial score (nSPS) is 10.4. The van der Waals surface area contributed by atoms with E-state index in [0.717, 1.165) is 29.8 Å². The number of nitro benzene ring substituents is 1. The summed E-state index contributed by atoms with van der Waals surface area (Å²) in [7, 11) is 0. The fraction of sp³-hybridized carbons (Fsp3) is 0.238. The number of anilines is 1. The monoisotopic (exact) mass is 427 g/mol. The van der Waals surface area contributed by atoms with Crippen LogP contribution in [0, 0.1) is 10.1 Å². The van der Waals surface area contributed by atoms with Crippen molar-refractivity contribution in [3.8, 4) is 22.8 Å². The molecule has 1 aromatic heterocycles. The molecule has 3 aromatic rings. The van der Waals surface area contributed by atoms with Gasteiger partial charge in [0.1, 0.15) is 11.5 Å². The Kier molecular flexibility index (Phi) is 7.34. The largest absolute Gasteiger partial charge is 0.494 e. The first-order valence-corrected chi connectivity index (χ1v) is 10.3. The molecule has 0 spiro atoms. The summed E-state index contributed by atoms with van der Waals surface area (Å²) in [6.07, 6.45) is 2.11. The van der Waals surface area contributed by atoms with Gasteiger partial charge in [-0.1, -0.05) is 13.3 Å². The molecule has 0 bridgehead atoms. The molecule has 30 heavy (non-hydrogen) atoms. The van der Waals surface area contributed by atoms with E-state index in [9.17, 15) is 14.9 Å². The summed E-state index contributed by atoms with van der Waals surface area (Å²) in [5.74, 6) is 0.824. The van der Waals surface area contributed by atoms with Crippen LogP contribution in [0.3, 0.4) is 0 Å². The number of ether oxygens (including phenoxy) is 2. The molecular weight excluding hydrogens is 406 g/mol. The molecule has 0 unspecified atom stereocenters. The van der Waals surface area contributed by atoms with Crippen molar-refractivity contribution < 1.29 is 19.2 Å². The molecule has 0 radical (unpaired) electrons. The fourth-order valence-electron chi connectivity index (χ4n) is 2.49. The standard InChI is InChI=1S/C21H21N3O5S/c1-2-3-12-28-17-8-4-15(5-9-17)19-14-30-21(22-19)23-20(25)13-29-18-10-6-16(7-11-18)24(26)27/h4-11,14H,2-3,12-13H2,1H3,(H,22,23,25). The minimum absolute atomic E-state index is 0.0392. The number of hydrogen-bond donors (Lipinski definition) is 1. The number of thiazole rings is 1. The highest BCUT2D eigenvalue weighted by Gasteiger charge is 2.10. The van der Waals surface area contributed by atoms with Crippen LogP contribution in [0.4, 0.5) is 10.8 Å². The molecule has 1 N–H and O–H groups in total. The third-order valence-electron chi connectivity index (χ3n) is 4.08. The highest BCUT2D eigenvalue weighted by atomic mass is 32.1. The molecule has 0 saturated carbocycles. The third kappa shape index (κ3) is 6.02. The average molecular weight is 427 g/mol. The van der Waals surface area contributed by atoms with Gasteiger partial charge >= 0.3 is 0 Å². The van der Waals surface area contributed by atoms with Crippen molar-refractivity contribution in [1.82, 2.24) is 4.98 Å². The van der Waals surface area contributed by atoms with Crippen LogP contribution in [0.2, 0.25) is 0 Å². The maximum atomic E-state index is 12.1. The fourth-order valence-corrected chi connectivity index (χ4v) is 3.22. The van der Waals surface area contributed by atoms with Gasteiger partial charge in [-0.3, -0.25) is 20.2 Å². The van der Waals surface area contributed by atoms with Crippen LogP contribution in [0.15, 0.2) is 53.9 Å². The van der Waals surface area contributed by atoms with Gasteiger partial charge < -0.3 is 9.47 Å². The van der Waals surface area contributed by atoms with Gasteiger partial charge in [-0.25, -0.2) is 4.98 Å². The molecular formula is C21H21N3O5S. The molecule has 3 rings (SSSR count). The maximum absolute atomic E-state index is 12.1. The number of aromatic nitrogens is 1. The Morgan fingerprint density at radius 1 is 1.10 bits per heavy atom. The molecule has 9 heteroatoms. The number of benzene rings is 2. The molecule has 8 nitrogen and oxygen atoms in total. The lowest BCUT2D eigenvalue weighted by Gasteiger charge is -2.06. The Labute approximate surface area is 177 Å². The number of nitrogens with zero attached hydrogens (tertiary/aromatic N) is 2. The van der Waals surface area contributed by atoms with Crippen LogP contribution >= 0.6 is 11.3 Å². The SMILES string of the molecule is CCCCOc1ccc(-c2csc(NC(=O)COc3ccc([N+](=O)[O-])cc3)n2)cc1. The van der Waals surface area contributed by atoms with Gasteiger partial charge in [0, 0.05) is 23.1 Å². The van der Waals surface area contributed by atoms with Gasteiger partial charge in [0.15, 0.2) is 11.7 Å². The number of amides is 1. The van der Waals surface area contributed by atoms with Crippen molar-refractivity contribution >= 4 is 28.1 Å². The first kappa shape index (κ1) is 21.3. The Morgan fingerprint density at radius 3 is 2.43 bits per heavy atom. The molecule has 0 aliphatic rings. The quantitative estimate of drug-likeness (QED) is 0.280. The molecule has 156 valence electrons. The topological polar surface area (TPSA) is 104 Å². The van der Waals surface area contributed by atoms with Crippen molar-refractivity contribution in [2.24, 2.45) is 0 Å². The lowest BCUT2D eigenvalue weighted by atomic mass is 10.2. The third-order valence-corrected chi connectivity index (χ3v) is 4.84. The predicted octanol–water partition coefficient (Wildman–Crippen LogP) is 4.91. The molecule has 0 saturated heterocycles. The van der Waals surface area contributed by atoms with E-state index in [1.54, 1.807) is 0 Å². The van der Waals surface area contributed by atoms with Crippen LogP contribution in [0.25, 0.3) is 11.3 Å². The van der Waals surface area contributed by atoms with E-state index in [2.05, 4.69) is 17.2 Å². The molecule has 0 atom stereocenters. The zero-order valence-electron chi connectivity index (χ0n) is 16.4. The predicted molar refractivity (Wildman–Crippen MR) is 115 cm³/mol. The number of carbonyl (C=O) groups excluding carboxylic acids is 1. The van der Waals surface area contributed by atoms with Crippen LogP contribution in [-0.4, -0.2) is 29.0 Å². The number of carbonyl (C=O) groups is 1. The number of unbranched alkanes of at least 4 members (excludes halogenated alkanes) is 1. The van der Waals surface area contributed by atoms with Gasteiger partial charge in [0.2, 0.25) is 0 Å². The second-order valence-corrected chi connectivity index (χ2v) is 7.21. The molecule has 0 aliphatic carbocycles. The van der Waals surface area contributed by atoms with Gasteiger partial charge in [-0.2, -0.15) is 0 Å². The van der Waals surface area contributed by atoms with Crippen molar-refractivity contribution in [1.29, 1.82) is 0 Å². The van der Waals surface area contributed by atoms with E-state index >= 15 is 0 Å². The van der Waals surface area contributed by atoms with E-state index in [1.807, 2.05) is 29.6 Å². The number of non-ortho nitro benzene ring substituents is 1. The molecule has 1 heterocycles. The molecule has 1 amide bonds. The summed E-state index contributed by atoms with van der Waals surface area (Å²) in [5, 5.41) is 15.7. The van der Waals surface area contributed by atoms with Crippen molar-refractivity contribution in [3.05, 3.63) is 64.0 Å². The lowest BCUT2D eigenvalue weighted by Crippen LogP contribution is -2.20.